The molecule has 0 fully saturated rings. The lowest BCUT2D eigenvalue weighted by Gasteiger charge is -2.17. The van der Waals surface area contributed by atoms with Gasteiger partial charge in [0, 0.05) is 7.05 Å². The van der Waals surface area contributed by atoms with Crippen molar-refractivity contribution in [2.24, 2.45) is 0 Å². The number of carboxylic acids is 1. The molecule has 1 aromatic heterocycles. The average molecular weight is 291 g/mol. The first kappa shape index (κ1) is 14.5. The fourth-order valence-electron chi connectivity index (χ4n) is 2.16. The number of benzene rings is 1. The molecule has 8 nitrogen and oxygen atoms in total. The number of amides is 1. The van der Waals surface area contributed by atoms with Crippen molar-refractivity contribution in [1.29, 1.82) is 0 Å². The van der Waals surface area contributed by atoms with Gasteiger partial charge < -0.3 is 15.4 Å². The quantitative estimate of drug-likeness (QED) is 0.670. The van der Waals surface area contributed by atoms with Crippen molar-refractivity contribution in [2.75, 3.05) is 7.05 Å². The summed E-state index contributed by atoms with van der Waals surface area (Å²) < 4.78 is 0.899. The molecule has 1 heterocycles. The number of aromatic amines is 1. The highest BCUT2D eigenvalue weighted by Gasteiger charge is 2.22. The van der Waals surface area contributed by atoms with E-state index in [1.165, 1.54) is 32.2 Å². The number of carbonyl (C=O) groups excluding carboxylic acids is 1. The smallest absolute Gasteiger partial charge is 0.337 e. The second kappa shape index (κ2) is 5.23. The number of nitrogens with zero attached hydrogens (tertiary/aromatic N) is 1. The van der Waals surface area contributed by atoms with Crippen LogP contribution in [-0.2, 0) is 4.79 Å². The van der Waals surface area contributed by atoms with Gasteiger partial charge in [0.15, 0.2) is 0 Å². The Balaban J connectivity index is 2.99. The van der Waals surface area contributed by atoms with Crippen LogP contribution in [0.3, 0.4) is 0 Å². The van der Waals surface area contributed by atoms with Crippen LogP contribution in [0.25, 0.3) is 11.0 Å². The molecule has 3 N–H and O–H groups in total. The van der Waals surface area contributed by atoms with Crippen molar-refractivity contribution in [3.8, 4) is 0 Å². The van der Waals surface area contributed by atoms with Crippen LogP contribution >= 0.6 is 0 Å². The molecule has 1 atom stereocenters. The minimum atomic E-state index is -1.26. The molecule has 0 aliphatic rings. The highest BCUT2D eigenvalue weighted by atomic mass is 16.4. The normalized spacial score (nSPS) is 12.1. The summed E-state index contributed by atoms with van der Waals surface area (Å²) in [4.78, 5) is 49.2. The Hall–Kier alpha value is -2.90. The minimum Gasteiger partial charge on any atom is -0.478 e. The topological polar surface area (TPSA) is 121 Å². The van der Waals surface area contributed by atoms with Crippen LogP contribution < -0.4 is 16.4 Å². The van der Waals surface area contributed by atoms with Gasteiger partial charge in [0.2, 0.25) is 5.91 Å². The Morgan fingerprint density at radius 2 is 2.00 bits per heavy atom. The van der Waals surface area contributed by atoms with E-state index >= 15 is 0 Å². The Morgan fingerprint density at radius 1 is 1.33 bits per heavy atom. The van der Waals surface area contributed by atoms with Gasteiger partial charge in [0.1, 0.15) is 6.04 Å². The van der Waals surface area contributed by atoms with Crippen LogP contribution in [0.4, 0.5) is 0 Å². The van der Waals surface area contributed by atoms with E-state index in [1.54, 1.807) is 0 Å². The number of H-pyrrole nitrogens is 1. The summed E-state index contributed by atoms with van der Waals surface area (Å²) >= 11 is 0. The Kier molecular flexibility index (Phi) is 3.62. The largest absolute Gasteiger partial charge is 0.478 e. The third-order valence-corrected chi connectivity index (χ3v) is 3.18. The molecule has 1 unspecified atom stereocenters. The molecule has 0 aliphatic carbocycles. The average Bonchev–Trinajstić information content (AvgIpc) is 2.46. The predicted octanol–water partition coefficient (Wildman–Crippen LogP) is -0.305. The summed E-state index contributed by atoms with van der Waals surface area (Å²) in [5.41, 5.74) is -1.88. The molecule has 21 heavy (non-hydrogen) atoms. The maximum absolute atomic E-state index is 12.1. The van der Waals surface area contributed by atoms with Crippen LogP contribution in [0.15, 0.2) is 27.8 Å². The molecule has 0 bridgehead atoms. The van der Waals surface area contributed by atoms with Crippen LogP contribution in [0.1, 0.15) is 23.3 Å². The maximum Gasteiger partial charge on any atom is 0.337 e. The van der Waals surface area contributed by atoms with Crippen LogP contribution in [0.5, 0.6) is 0 Å². The lowest BCUT2D eigenvalue weighted by Crippen LogP contribution is -2.42. The number of carboxylic acid groups (broad SMARTS) is 1. The SMILES string of the molecule is CNC(=O)C(C)n1c(=O)c(=O)[nH]c2cccc(C(=O)O)c21. The number of fused-ring (bicyclic) bond motifs is 1. The number of aromatic nitrogens is 2. The number of hydrogen-bond donors (Lipinski definition) is 3. The molecule has 0 saturated carbocycles. The van der Waals surface area contributed by atoms with Crippen molar-refractivity contribution in [2.45, 2.75) is 13.0 Å². The molecule has 1 amide bonds. The van der Waals surface area contributed by atoms with E-state index < -0.39 is 29.0 Å². The summed E-state index contributed by atoms with van der Waals surface area (Å²) in [6, 6.07) is 3.19. The first-order valence-corrected chi connectivity index (χ1v) is 6.11. The monoisotopic (exact) mass is 291 g/mol. The number of hydrogen-bond acceptors (Lipinski definition) is 4. The molecule has 110 valence electrons. The Bertz CT molecular complexity index is 849. The van der Waals surface area contributed by atoms with Gasteiger partial charge >= 0.3 is 17.1 Å². The first-order valence-electron chi connectivity index (χ1n) is 6.11. The maximum atomic E-state index is 12.1. The summed E-state index contributed by atoms with van der Waals surface area (Å²) in [6.07, 6.45) is 0. The van der Waals surface area contributed by atoms with Crippen molar-refractivity contribution < 1.29 is 14.7 Å². The minimum absolute atomic E-state index is 0.00528. The molecular formula is C13H13N3O5. The number of likely N-dealkylation sites (N-methyl/N-ethyl adjacent to an activating group) is 1. The summed E-state index contributed by atoms with van der Waals surface area (Å²) in [7, 11) is 1.39. The van der Waals surface area contributed by atoms with E-state index in [-0.39, 0.29) is 16.6 Å². The van der Waals surface area contributed by atoms with Gasteiger partial charge in [-0.3, -0.25) is 19.0 Å². The van der Waals surface area contributed by atoms with Crippen molar-refractivity contribution >= 4 is 22.9 Å². The Labute approximate surface area is 118 Å². The van der Waals surface area contributed by atoms with Crippen molar-refractivity contribution in [3.05, 3.63) is 44.5 Å². The van der Waals surface area contributed by atoms with E-state index in [4.69, 9.17) is 0 Å². The summed E-state index contributed by atoms with van der Waals surface area (Å²) in [5, 5.41) is 11.6. The number of rotatable bonds is 3. The highest BCUT2D eigenvalue weighted by molar-refractivity contribution is 6.01. The Morgan fingerprint density at radius 3 is 2.57 bits per heavy atom. The number of para-hydroxylation sites is 1. The van der Waals surface area contributed by atoms with Crippen molar-refractivity contribution in [1.82, 2.24) is 14.9 Å². The van der Waals surface area contributed by atoms with Crippen molar-refractivity contribution in [3.63, 3.8) is 0 Å². The molecule has 8 heteroatoms. The summed E-state index contributed by atoms with van der Waals surface area (Å²) in [6.45, 7) is 1.41. The standard InChI is InChI=1S/C13H13N3O5/c1-6(10(17)14-2)16-9-7(13(20)21)4-3-5-8(9)15-11(18)12(16)19/h3-6H,1-2H3,(H,14,17)(H,15,18)(H,20,21). The second-order valence-electron chi connectivity index (χ2n) is 4.43. The molecule has 1 aromatic carbocycles. The van der Waals surface area contributed by atoms with Crippen LogP contribution in [-0.4, -0.2) is 33.6 Å². The van der Waals surface area contributed by atoms with E-state index in [0.717, 1.165) is 4.57 Å². The molecular weight excluding hydrogens is 278 g/mol. The predicted molar refractivity (Wildman–Crippen MR) is 74.6 cm³/mol. The molecule has 2 aromatic rings. The van der Waals surface area contributed by atoms with Crippen LogP contribution in [0, 0.1) is 0 Å². The highest BCUT2D eigenvalue weighted by Crippen LogP contribution is 2.18. The third-order valence-electron chi connectivity index (χ3n) is 3.18. The van der Waals surface area contributed by atoms with E-state index in [0.29, 0.717) is 0 Å². The zero-order valence-electron chi connectivity index (χ0n) is 11.3. The van der Waals surface area contributed by atoms with Gasteiger partial charge in [-0.05, 0) is 19.1 Å². The van der Waals surface area contributed by atoms with Gasteiger partial charge in [-0.2, -0.15) is 0 Å². The fraction of sp³-hybridized carbons (Fsp3) is 0.231. The number of carbonyl (C=O) groups is 2. The zero-order valence-corrected chi connectivity index (χ0v) is 11.3. The molecule has 0 saturated heterocycles. The van der Waals surface area contributed by atoms with Gasteiger partial charge in [-0.15, -0.1) is 0 Å². The van der Waals surface area contributed by atoms with Gasteiger partial charge in [0.05, 0.1) is 16.6 Å². The number of aromatic carboxylic acids is 1. The zero-order chi connectivity index (χ0) is 15.7. The lowest BCUT2D eigenvalue weighted by molar-refractivity contribution is -0.123. The molecule has 2 rings (SSSR count). The second-order valence-corrected chi connectivity index (χ2v) is 4.43. The van der Waals surface area contributed by atoms with Crippen LogP contribution in [0.2, 0.25) is 0 Å². The summed E-state index contributed by atoms with van der Waals surface area (Å²) in [5.74, 6) is -1.77. The van der Waals surface area contributed by atoms with Gasteiger partial charge in [0.25, 0.3) is 0 Å². The molecule has 0 aliphatic heterocycles. The molecule has 0 spiro atoms. The third kappa shape index (κ3) is 2.31. The van der Waals surface area contributed by atoms with Gasteiger partial charge in [-0.25, -0.2) is 4.79 Å². The van der Waals surface area contributed by atoms with E-state index in [1.807, 2.05) is 0 Å². The first-order chi connectivity index (χ1) is 9.88. The number of nitrogens with one attached hydrogen (secondary N) is 2. The fourth-order valence-corrected chi connectivity index (χ4v) is 2.16. The molecule has 0 radical (unpaired) electrons. The van der Waals surface area contributed by atoms with E-state index in [9.17, 15) is 24.3 Å². The van der Waals surface area contributed by atoms with Gasteiger partial charge in [-0.1, -0.05) is 6.07 Å². The van der Waals surface area contributed by atoms with E-state index in [2.05, 4.69) is 10.3 Å². The lowest BCUT2D eigenvalue weighted by atomic mass is 10.1.